The van der Waals surface area contributed by atoms with Crippen molar-refractivity contribution >= 4 is 11.6 Å². The zero-order valence-electron chi connectivity index (χ0n) is 9.52. The summed E-state index contributed by atoms with van der Waals surface area (Å²) in [6.45, 7) is 5.31. The van der Waals surface area contributed by atoms with Gasteiger partial charge in [0.15, 0.2) is 0 Å². The van der Waals surface area contributed by atoms with E-state index in [0.717, 1.165) is 19.4 Å². The highest BCUT2D eigenvalue weighted by molar-refractivity contribution is 6.20. The van der Waals surface area contributed by atoms with Crippen LogP contribution < -0.4 is 0 Å². The minimum Gasteiger partial charge on any atom is -0.375 e. The van der Waals surface area contributed by atoms with E-state index in [9.17, 15) is 0 Å². The average molecular weight is 219 g/mol. The van der Waals surface area contributed by atoms with Crippen LogP contribution in [-0.4, -0.2) is 17.6 Å². The topological polar surface area (TPSA) is 9.23 Å². The first kappa shape index (κ1) is 12.3. The number of rotatable bonds is 5. The minimum atomic E-state index is 0.0679. The molecule has 0 spiro atoms. The van der Waals surface area contributed by atoms with Gasteiger partial charge < -0.3 is 4.74 Å². The molecule has 0 bridgehead atoms. The molecule has 2 heteroatoms. The van der Waals surface area contributed by atoms with Crippen LogP contribution in [0, 0.1) is 0 Å². The smallest absolute Gasteiger partial charge is 0.0668 e. The van der Waals surface area contributed by atoms with E-state index in [1.54, 1.807) is 0 Å². The molecule has 0 N–H and O–H groups in total. The fourth-order valence-corrected chi connectivity index (χ4v) is 2.58. The van der Waals surface area contributed by atoms with Gasteiger partial charge in [0.1, 0.15) is 0 Å². The Labute approximate surface area is 93.2 Å². The van der Waals surface area contributed by atoms with Gasteiger partial charge in [0, 0.05) is 12.0 Å². The number of hydrogen-bond donors (Lipinski definition) is 0. The molecular weight excluding hydrogens is 196 g/mol. The van der Waals surface area contributed by atoms with E-state index < -0.39 is 0 Å². The minimum absolute atomic E-state index is 0.0679. The van der Waals surface area contributed by atoms with Crippen molar-refractivity contribution in [2.45, 2.75) is 69.8 Å². The largest absolute Gasteiger partial charge is 0.375 e. The molecule has 0 aliphatic carbocycles. The molecule has 1 aliphatic heterocycles. The molecule has 0 aromatic carbocycles. The molecule has 0 amide bonds. The van der Waals surface area contributed by atoms with Crippen LogP contribution in [0.4, 0.5) is 0 Å². The zero-order valence-corrected chi connectivity index (χ0v) is 10.3. The van der Waals surface area contributed by atoms with Crippen LogP contribution in [0.15, 0.2) is 0 Å². The van der Waals surface area contributed by atoms with E-state index in [4.69, 9.17) is 16.3 Å². The summed E-state index contributed by atoms with van der Waals surface area (Å²) in [4.78, 5) is 0. The Morgan fingerprint density at radius 1 is 1.36 bits per heavy atom. The van der Waals surface area contributed by atoms with Gasteiger partial charge in [-0.3, -0.25) is 0 Å². The molecule has 1 fully saturated rings. The summed E-state index contributed by atoms with van der Waals surface area (Å²) in [5, 5.41) is 0.333. The molecule has 2 atom stereocenters. The molecule has 1 saturated heterocycles. The first-order chi connectivity index (χ1) is 6.66. The predicted molar refractivity (Wildman–Crippen MR) is 62.0 cm³/mol. The van der Waals surface area contributed by atoms with E-state index in [1.807, 2.05) is 0 Å². The second-order valence-electron chi connectivity index (χ2n) is 4.70. The van der Waals surface area contributed by atoms with Crippen molar-refractivity contribution < 1.29 is 4.74 Å². The van der Waals surface area contributed by atoms with E-state index in [-0.39, 0.29) is 5.60 Å². The number of unbranched alkanes of at least 4 members (excludes halogenated alkanes) is 3. The molecule has 0 aromatic heterocycles. The second-order valence-corrected chi connectivity index (χ2v) is 5.32. The maximum atomic E-state index is 6.16. The van der Waals surface area contributed by atoms with Crippen molar-refractivity contribution in [2.75, 3.05) is 6.61 Å². The van der Waals surface area contributed by atoms with Crippen molar-refractivity contribution in [2.24, 2.45) is 0 Å². The van der Waals surface area contributed by atoms with Crippen LogP contribution in [0.3, 0.4) is 0 Å². The lowest BCUT2D eigenvalue weighted by molar-refractivity contribution is -0.0696. The normalized spacial score (nSPS) is 33.2. The summed E-state index contributed by atoms with van der Waals surface area (Å²) in [6, 6.07) is 0. The third-order valence-corrected chi connectivity index (χ3v) is 3.47. The predicted octanol–water partition coefficient (Wildman–Crippen LogP) is 4.13. The molecular formula is C12H23ClO. The molecule has 84 valence electrons. The zero-order chi connectivity index (χ0) is 10.4. The van der Waals surface area contributed by atoms with Gasteiger partial charge in [-0.05, 0) is 26.2 Å². The molecule has 0 saturated carbocycles. The lowest BCUT2D eigenvalue weighted by Gasteiger charge is -2.36. The summed E-state index contributed by atoms with van der Waals surface area (Å²) >= 11 is 6.16. The summed E-state index contributed by atoms with van der Waals surface area (Å²) in [7, 11) is 0. The number of alkyl halides is 1. The highest BCUT2D eigenvalue weighted by atomic mass is 35.5. The number of hydrogen-bond acceptors (Lipinski definition) is 1. The maximum absolute atomic E-state index is 6.16. The van der Waals surface area contributed by atoms with E-state index >= 15 is 0 Å². The van der Waals surface area contributed by atoms with Gasteiger partial charge in [-0.1, -0.05) is 32.6 Å². The molecule has 1 aliphatic rings. The van der Waals surface area contributed by atoms with Gasteiger partial charge in [-0.15, -0.1) is 11.6 Å². The SMILES string of the molecule is CCCCCCC1(C)CC(Cl)CCO1. The van der Waals surface area contributed by atoms with Gasteiger partial charge in [-0.25, -0.2) is 0 Å². The van der Waals surface area contributed by atoms with Crippen molar-refractivity contribution in [3.63, 3.8) is 0 Å². The summed E-state index contributed by atoms with van der Waals surface area (Å²) in [5.74, 6) is 0. The Morgan fingerprint density at radius 3 is 2.79 bits per heavy atom. The van der Waals surface area contributed by atoms with Gasteiger partial charge >= 0.3 is 0 Å². The fourth-order valence-electron chi connectivity index (χ4n) is 2.16. The molecule has 1 heterocycles. The third kappa shape index (κ3) is 4.18. The fraction of sp³-hybridized carbons (Fsp3) is 1.00. The molecule has 0 radical (unpaired) electrons. The quantitative estimate of drug-likeness (QED) is 0.498. The van der Waals surface area contributed by atoms with Gasteiger partial charge in [0.05, 0.1) is 5.60 Å². The molecule has 0 aromatic rings. The van der Waals surface area contributed by atoms with Crippen LogP contribution in [0.2, 0.25) is 0 Å². The Hall–Kier alpha value is 0.250. The van der Waals surface area contributed by atoms with Crippen LogP contribution >= 0.6 is 11.6 Å². The standard InChI is InChI=1S/C12H23ClO/c1-3-4-5-6-8-12(2)10-11(13)7-9-14-12/h11H,3-10H2,1-2H3. The Balaban J connectivity index is 2.19. The van der Waals surface area contributed by atoms with Crippen molar-refractivity contribution in [3.05, 3.63) is 0 Å². The number of halogens is 1. The Morgan fingerprint density at radius 2 is 2.14 bits per heavy atom. The van der Waals surface area contributed by atoms with Crippen LogP contribution in [0.1, 0.15) is 58.8 Å². The first-order valence-corrected chi connectivity index (χ1v) is 6.38. The van der Waals surface area contributed by atoms with Crippen molar-refractivity contribution in [3.8, 4) is 0 Å². The third-order valence-electron chi connectivity index (χ3n) is 3.09. The molecule has 2 unspecified atom stereocenters. The Bertz CT molecular complexity index is 160. The maximum Gasteiger partial charge on any atom is 0.0668 e. The second kappa shape index (κ2) is 5.97. The van der Waals surface area contributed by atoms with Crippen molar-refractivity contribution in [1.29, 1.82) is 0 Å². The molecule has 1 rings (SSSR count). The van der Waals surface area contributed by atoms with E-state index in [0.29, 0.717) is 5.38 Å². The van der Waals surface area contributed by atoms with E-state index in [1.165, 1.54) is 32.1 Å². The van der Waals surface area contributed by atoms with Crippen molar-refractivity contribution in [1.82, 2.24) is 0 Å². The highest BCUT2D eigenvalue weighted by Gasteiger charge is 2.31. The van der Waals surface area contributed by atoms with Gasteiger partial charge in [0.2, 0.25) is 0 Å². The van der Waals surface area contributed by atoms with Crippen LogP contribution in [0.5, 0.6) is 0 Å². The monoisotopic (exact) mass is 218 g/mol. The molecule has 1 nitrogen and oxygen atoms in total. The first-order valence-electron chi connectivity index (χ1n) is 5.94. The molecule has 14 heavy (non-hydrogen) atoms. The highest BCUT2D eigenvalue weighted by Crippen LogP contribution is 2.32. The Kier molecular flexibility index (Phi) is 5.25. The van der Waals surface area contributed by atoms with Gasteiger partial charge in [0.25, 0.3) is 0 Å². The summed E-state index contributed by atoms with van der Waals surface area (Å²) < 4.78 is 5.83. The lowest BCUT2D eigenvalue weighted by atomic mass is 9.90. The summed E-state index contributed by atoms with van der Waals surface area (Å²) in [6.07, 6.45) is 8.50. The summed E-state index contributed by atoms with van der Waals surface area (Å²) in [5.41, 5.74) is 0.0679. The van der Waals surface area contributed by atoms with Crippen LogP contribution in [0.25, 0.3) is 0 Å². The van der Waals surface area contributed by atoms with Gasteiger partial charge in [-0.2, -0.15) is 0 Å². The van der Waals surface area contributed by atoms with E-state index in [2.05, 4.69) is 13.8 Å². The number of ether oxygens (including phenoxy) is 1. The lowest BCUT2D eigenvalue weighted by Crippen LogP contribution is -2.37. The van der Waals surface area contributed by atoms with Crippen LogP contribution in [-0.2, 0) is 4.74 Å². The average Bonchev–Trinajstić information content (AvgIpc) is 2.12.